The van der Waals surface area contributed by atoms with Gasteiger partial charge in [-0.05, 0) is 84.9 Å². The van der Waals surface area contributed by atoms with Crippen molar-refractivity contribution in [1.29, 1.82) is 5.41 Å². The Morgan fingerprint density at radius 3 is 2.23 bits per heavy atom. The maximum atomic E-state index is 8.66. The van der Waals surface area contributed by atoms with Gasteiger partial charge in [-0.25, -0.2) is 0 Å². The molecule has 0 spiro atoms. The van der Waals surface area contributed by atoms with Gasteiger partial charge >= 0.3 is 0 Å². The molecule has 26 heavy (non-hydrogen) atoms. The second-order valence-electron chi connectivity index (χ2n) is 8.56. The highest BCUT2D eigenvalue weighted by Crippen LogP contribution is 2.47. The van der Waals surface area contributed by atoms with E-state index in [1.54, 1.807) is 0 Å². The zero-order valence-corrected chi connectivity index (χ0v) is 17.0. The van der Waals surface area contributed by atoms with Crippen molar-refractivity contribution in [2.75, 3.05) is 0 Å². The predicted molar refractivity (Wildman–Crippen MR) is 114 cm³/mol. The molecule has 0 aliphatic heterocycles. The fourth-order valence-corrected chi connectivity index (χ4v) is 3.76. The van der Waals surface area contributed by atoms with Crippen LogP contribution in [0.4, 0.5) is 0 Å². The Labute approximate surface area is 158 Å². The Balaban J connectivity index is 1.88. The van der Waals surface area contributed by atoms with Crippen molar-refractivity contribution in [3.05, 3.63) is 75.9 Å². The highest BCUT2D eigenvalue weighted by molar-refractivity contribution is 6.11. The van der Waals surface area contributed by atoms with Gasteiger partial charge in [0.25, 0.3) is 0 Å². The molecule has 2 aromatic carbocycles. The smallest absolute Gasteiger partial charge is 0.0617 e. The molecule has 0 heterocycles. The first-order valence-corrected chi connectivity index (χ1v) is 9.70. The largest absolute Gasteiger partial charge is 0.300 e. The number of hydrogen-bond donors (Lipinski definition) is 1. The molecule has 1 nitrogen and oxygen atoms in total. The Kier molecular flexibility index (Phi) is 4.92. The van der Waals surface area contributed by atoms with Gasteiger partial charge in [0, 0.05) is 5.56 Å². The standard InChI is InChI=1S/C25H31N/c1-16(2)22-13-17(3)14-23(19(22)5)24(26)15-18(4)20-7-9-21(10-8-20)25(6)11-12-25/h7-10,13-16,26H,11-12H2,1-6H3/b18-15+,26-24?. The quantitative estimate of drug-likeness (QED) is 0.567. The van der Waals surface area contributed by atoms with Gasteiger partial charge in [-0.1, -0.05) is 56.7 Å². The summed E-state index contributed by atoms with van der Waals surface area (Å²) < 4.78 is 0. The van der Waals surface area contributed by atoms with Crippen LogP contribution in [0.15, 0.2) is 42.5 Å². The van der Waals surface area contributed by atoms with Crippen LogP contribution in [-0.2, 0) is 5.41 Å². The van der Waals surface area contributed by atoms with Gasteiger partial charge < -0.3 is 5.41 Å². The van der Waals surface area contributed by atoms with Gasteiger partial charge in [-0.2, -0.15) is 0 Å². The van der Waals surface area contributed by atoms with Crippen LogP contribution in [0, 0.1) is 19.3 Å². The second-order valence-corrected chi connectivity index (χ2v) is 8.56. The van der Waals surface area contributed by atoms with Crippen molar-refractivity contribution < 1.29 is 0 Å². The van der Waals surface area contributed by atoms with Gasteiger partial charge in [0.1, 0.15) is 0 Å². The van der Waals surface area contributed by atoms with Crippen LogP contribution in [0.3, 0.4) is 0 Å². The average molecular weight is 346 g/mol. The van der Waals surface area contributed by atoms with E-state index in [-0.39, 0.29) is 0 Å². The van der Waals surface area contributed by atoms with Crippen molar-refractivity contribution in [2.45, 2.75) is 65.7 Å². The van der Waals surface area contributed by atoms with Crippen molar-refractivity contribution >= 4 is 11.3 Å². The van der Waals surface area contributed by atoms with Crippen molar-refractivity contribution in [3.8, 4) is 0 Å². The van der Waals surface area contributed by atoms with Crippen LogP contribution in [0.5, 0.6) is 0 Å². The lowest BCUT2D eigenvalue weighted by atomic mass is 9.89. The van der Waals surface area contributed by atoms with E-state index in [2.05, 4.69) is 77.9 Å². The Morgan fingerprint density at radius 2 is 1.69 bits per heavy atom. The van der Waals surface area contributed by atoms with Gasteiger partial charge in [-0.15, -0.1) is 0 Å². The van der Waals surface area contributed by atoms with Crippen molar-refractivity contribution in [1.82, 2.24) is 0 Å². The molecular formula is C25H31N. The Bertz CT molecular complexity index is 862. The molecule has 1 aliphatic carbocycles. The number of nitrogens with one attached hydrogen (secondary N) is 1. The number of allylic oxidation sites excluding steroid dienone is 2. The molecule has 0 bridgehead atoms. The fourth-order valence-electron chi connectivity index (χ4n) is 3.76. The lowest BCUT2D eigenvalue weighted by molar-refractivity contribution is 0.788. The lowest BCUT2D eigenvalue weighted by Gasteiger charge is -2.16. The van der Waals surface area contributed by atoms with Crippen LogP contribution in [0.2, 0.25) is 0 Å². The fraction of sp³-hybridized carbons (Fsp3) is 0.400. The second kappa shape index (κ2) is 6.87. The van der Waals surface area contributed by atoms with Gasteiger partial charge in [0.15, 0.2) is 0 Å². The van der Waals surface area contributed by atoms with E-state index in [9.17, 15) is 0 Å². The summed E-state index contributed by atoms with van der Waals surface area (Å²) in [5.74, 6) is 0.475. The molecule has 0 saturated heterocycles. The first-order valence-electron chi connectivity index (χ1n) is 9.70. The molecule has 1 N–H and O–H groups in total. The van der Waals surface area contributed by atoms with Crippen molar-refractivity contribution in [2.24, 2.45) is 0 Å². The highest BCUT2D eigenvalue weighted by Gasteiger charge is 2.38. The summed E-state index contributed by atoms with van der Waals surface area (Å²) in [6.45, 7) is 13.2. The molecule has 0 aromatic heterocycles. The van der Waals surface area contributed by atoms with E-state index >= 15 is 0 Å². The molecule has 0 amide bonds. The number of aryl methyl sites for hydroxylation is 1. The van der Waals surface area contributed by atoms with Gasteiger partial charge in [0.05, 0.1) is 5.71 Å². The third-order valence-electron chi connectivity index (χ3n) is 5.90. The summed E-state index contributed by atoms with van der Waals surface area (Å²) >= 11 is 0. The molecule has 1 saturated carbocycles. The molecule has 136 valence electrons. The molecule has 0 atom stereocenters. The minimum Gasteiger partial charge on any atom is -0.300 e. The lowest BCUT2D eigenvalue weighted by Crippen LogP contribution is -2.05. The van der Waals surface area contributed by atoms with Gasteiger partial charge in [0.2, 0.25) is 0 Å². The minimum atomic E-state index is 0.411. The average Bonchev–Trinajstić information content (AvgIpc) is 3.35. The molecule has 1 aliphatic rings. The summed E-state index contributed by atoms with van der Waals surface area (Å²) in [7, 11) is 0. The molecular weight excluding hydrogens is 314 g/mol. The molecule has 3 rings (SSSR count). The Hall–Kier alpha value is -2.15. The minimum absolute atomic E-state index is 0.411. The van der Waals surface area contributed by atoms with E-state index < -0.39 is 0 Å². The number of hydrogen-bond acceptors (Lipinski definition) is 1. The van der Waals surface area contributed by atoms with Gasteiger partial charge in [-0.3, -0.25) is 0 Å². The zero-order valence-electron chi connectivity index (χ0n) is 17.0. The molecule has 1 heteroatoms. The van der Waals surface area contributed by atoms with E-state index in [0.29, 0.717) is 17.0 Å². The predicted octanol–water partition coefficient (Wildman–Crippen LogP) is 6.95. The van der Waals surface area contributed by atoms with Crippen LogP contribution < -0.4 is 0 Å². The maximum Gasteiger partial charge on any atom is 0.0617 e. The summed E-state index contributed by atoms with van der Waals surface area (Å²) in [5.41, 5.74) is 9.67. The van der Waals surface area contributed by atoms with Crippen LogP contribution in [0.25, 0.3) is 5.57 Å². The molecule has 1 fully saturated rings. The molecule has 2 aromatic rings. The van der Waals surface area contributed by atoms with E-state index in [1.165, 1.54) is 40.7 Å². The van der Waals surface area contributed by atoms with E-state index in [1.807, 2.05) is 6.08 Å². The van der Waals surface area contributed by atoms with E-state index in [0.717, 1.165) is 11.1 Å². The number of rotatable bonds is 5. The zero-order chi connectivity index (χ0) is 19.1. The first-order chi connectivity index (χ1) is 12.2. The summed E-state index contributed by atoms with van der Waals surface area (Å²) in [6.07, 6.45) is 4.62. The first kappa shape index (κ1) is 18.6. The van der Waals surface area contributed by atoms with E-state index in [4.69, 9.17) is 5.41 Å². The van der Waals surface area contributed by atoms with Crippen LogP contribution in [-0.4, -0.2) is 5.71 Å². The normalized spacial score (nSPS) is 16.0. The molecule has 0 unspecified atom stereocenters. The number of benzene rings is 2. The third-order valence-corrected chi connectivity index (χ3v) is 5.90. The molecule has 0 radical (unpaired) electrons. The summed E-state index contributed by atoms with van der Waals surface area (Å²) in [5, 5.41) is 8.66. The SMILES string of the molecule is C/C(=C\C(=N)c1cc(C)cc(C(C)C)c1C)c1ccc(C2(C)CC2)cc1. The Morgan fingerprint density at radius 1 is 1.08 bits per heavy atom. The summed E-state index contributed by atoms with van der Waals surface area (Å²) in [6, 6.07) is 13.3. The summed E-state index contributed by atoms with van der Waals surface area (Å²) in [4.78, 5) is 0. The maximum absolute atomic E-state index is 8.66. The van der Waals surface area contributed by atoms with Crippen molar-refractivity contribution in [3.63, 3.8) is 0 Å². The highest BCUT2D eigenvalue weighted by atomic mass is 14.4. The van der Waals surface area contributed by atoms with Crippen LogP contribution in [0.1, 0.15) is 79.8 Å². The van der Waals surface area contributed by atoms with Crippen LogP contribution >= 0.6 is 0 Å². The topological polar surface area (TPSA) is 23.9 Å². The third kappa shape index (κ3) is 3.67. The monoisotopic (exact) mass is 345 g/mol.